The lowest BCUT2D eigenvalue weighted by atomic mass is 9.88. The van der Waals surface area contributed by atoms with Gasteiger partial charge in [-0.3, -0.25) is 9.69 Å². The van der Waals surface area contributed by atoms with E-state index in [4.69, 9.17) is 9.47 Å². The lowest BCUT2D eigenvalue weighted by molar-refractivity contribution is -0.138. The monoisotopic (exact) mass is 469 g/mol. The normalized spacial score (nSPS) is 13.7. The van der Waals surface area contributed by atoms with Crippen LogP contribution < -0.4 is 9.47 Å². The van der Waals surface area contributed by atoms with E-state index in [1.165, 1.54) is 6.92 Å². The van der Waals surface area contributed by atoms with Crippen LogP contribution in [0.25, 0.3) is 11.1 Å². The van der Waals surface area contributed by atoms with Gasteiger partial charge in [-0.25, -0.2) is 0 Å². The van der Waals surface area contributed by atoms with Gasteiger partial charge in [0.1, 0.15) is 18.1 Å². The van der Waals surface area contributed by atoms with Crippen LogP contribution in [0, 0.1) is 6.92 Å². The molecular formula is C27H26F3NO3. The van der Waals surface area contributed by atoms with Gasteiger partial charge in [-0.2, -0.15) is 13.2 Å². The molecule has 178 valence electrons. The quantitative estimate of drug-likeness (QED) is 0.370. The van der Waals surface area contributed by atoms with E-state index >= 15 is 0 Å². The first-order chi connectivity index (χ1) is 16.2. The molecule has 1 heterocycles. The summed E-state index contributed by atoms with van der Waals surface area (Å²) in [7, 11) is 0. The maximum absolute atomic E-state index is 14.4. The third-order valence-electron chi connectivity index (χ3n) is 6.21. The minimum Gasteiger partial charge on any atom is -0.488 e. The number of carbonyl (C=O) groups excluding carboxylic acids is 1. The lowest BCUT2D eigenvalue weighted by Gasteiger charge is -2.24. The molecule has 34 heavy (non-hydrogen) atoms. The number of hydrogen-bond acceptors (Lipinski definition) is 4. The average molecular weight is 470 g/mol. The van der Waals surface area contributed by atoms with Gasteiger partial charge >= 0.3 is 6.18 Å². The Hall–Kier alpha value is -3.32. The third kappa shape index (κ3) is 4.53. The lowest BCUT2D eigenvalue weighted by Crippen LogP contribution is -2.25. The highest BCUT2D eigenvalue weighted by Crippen LogP contribution is 2.51. The number of ether oxygens (including phenoxy) is 2. The van der Waals surface area contributed by atoms with Gasteiger partial charge in [0.15, 0.2) is 0 Å². The van der Waals surface area contributed by atoms with Gasteiger partial charge in [-0.1, -0.05) is 48.5 Å². The van der Waals surface area contributed by atoms with E-state index < -0.39 is 11.7 Å². The summed E-state index contributed by atoms with van der Waals surface area (Å²) in [5.74, 6) is 0.575. The van der Waals surface area contributed by atoms with Crippen molar-refractivity contribution in [3.63, 3.8) is 0 Å². The second-order valence-electron chi connectivity index (χ2n) is 8.64. The van der Waals surface area contributed by atoms with E-state index in [0.717, 1.165) is 5.56 Å². The maximum atomic E-state index is 14.4. The SMILES string of the molecule is Cc1c(-c2ccccc2OC=O)c(OCc2ccccc2)c2c(c1C(F)(F)F)CN(C(C)C)C2. The van der Waals surface area contributed by atoms with E-state index in [9.17, 15) is 18.0 Å². The van der Waals surface area contributed by atoms with Crippen LogP contribution in [0.3, 0.4) is 0 Å². The van der Waals surface area contributed by atoms with E-state index in [-0.39, 0.29) is 42.5 Å². The molecule has 1 aliphatic heterocycles. The number of nitrogens with zero attached hydrogens (tertiary/aromatic N) is 1. The molecule has 0 aromatic heterocycles. The second-order valence-corrected chi connectivity index (χ2v) is 8.64. The van der Waals surface area contributed by atoms with Gasteiger partial charge in [-0.05, 0) is 43.5 Å². The number of alkyl halides is 3. The molecule has 0 radical (unpaired) electrons. The standard InChI is InChI=1S/C27H26F3NO3/c1-17(2)31-13-21-22(14-31)26(33-15-19-9-5-4-6-10-19)24(18(3)25(21)27(28,29)30)20-11-7-8-12-23(20)34-16-32/h4-12,16-17H,13-15H2,1-3H3. The molecular weight excluding hydrogens is 443 g/mol. The van der Waals surface area contributed by atoms with Crippen molar-refractivity contribution in [3.8, 4) is 22.6 Å². The van der Waals surface area contributed by atoms with Crippen LogP contribution in [-0.4, -0.2) is 17.4 Å². The molecule has 0 fully saturated rings. The van der Waals surface area contributed by atoms with Crippen LogP contribution in [0.1, 0.15) is 41.7 Å². The van der Waals surface area contributed by atoms with Crippen molar-refractivity contribution in [1.29, 1.82) is 0 Å². The minimum absolute atomic E-state index is 0.0573. The molecule has 0 spiro atoms. The summed E-state index contributed by atoms with van der Waals surface area (Å²) in [4.78, 5) is 13.1. The minimum atomic E-state index is -4.55. The average Bonchev–Trinajstić information content (AvgIpc) is 3.23. The maximum Gasteiger partial charge on any atom is 0.417 e. The van der Waals surface area contributed by atoms with Crippen molar-refractivity contribution < 1.29 is 27.4 Å². The Kier molecular flexibility index (Phi) is 6.66. The first-order valence-electron chi connectivity index (χ1n) is 11.1. The smallest absolute Gasteiger partial charge is 0.417 e. The Morgan fingerprint density at radius 1 is 1.00 bits per heavy atom. The second kappa shape index (κ2) is 9.50. The van der Waals surface area contributed by atoms with E-state index in [2.05, 4.69) is 0 Å². The zero-order valence-electron chi connectivity index (χ0n) is 19.3. The van der Waals surface area contributed by atoms with Crippen LogP contribution in [-0.2, 0) is 30.7 Å². The van der Waals surface area contributed by atoms with Crippen LogP contribution in [0.4, 0.5) is 13.2 Å². The highest BCUT2D eigenvalue weighted by molar-refractivity contribution is 5.83. The number of hydrogen-bond donors (Lipinski definition) is 0. The van der Waals surface area contributed by atoms with E-state index in [1.807, 2.05) is 49.1 Å². The van der Waals surface area contributed by atoms with Crippen LogP contribution in [0.5, 0.6) is 11.5 Å². The fourth-order valence-corrected chi connectivity index (χ4v) is 4.55. The molecule has 3 aromatic carbocycles. The summed E-state index contributed by atoms with van der Waals surface area (Å²) in [5, 5.41) is 0. The Morgan fingerprint density at radius 2 is 1.65 bits per heavy atom. The Balaban J connectivity index is 1.99. The fourth-order valence-electron chi connectivity index (χ4n) is 4.55. The van der Waals surface area contributed by atoms with Crippen molar-refractivity contribution in [2.75, 3.05) is 0 Å². The van der Waals surface area contributed by atoms with Crippen molar-refractivity contribution in [3.05, 3.63) is 82.4 Å². The first kappa shape index (κ1) is 23.8. The molecule has 7 heteroatoms. The molecule has 3 aromatic rings. The summed E-state index contributed by atoms with van der Waals surface area (Å²) < 4.78 is 54.7. The molecule has 0 atom stereocenters. The summed E-state index contributed by atoms with van der Waals surface area (Å²) in [6.45, 7) is 6.39. The van der Waals surface area contributed by atoms with Crippen molar-refractivity contribution >= 4 is 6.47 Å². The van der Waals surface area contributed by atoms with Crippen LogP contribution >= 0.6 is 0 Å². The van der Waals surface area contributed by atoms with Crippen molar-refractivity contribution in [2.45, 2.75) is 52.7 Å². The first-order valence-corrected chi connectivity index (χ1v) is 11.1. The van der Waals surface area contributed by atoms with Crippen molar-refractivity contribution in [1.82, 2.24) is 4.90 Å². The molecule has 0 unspecified atom stereocenters. The Bertz CT molecular complexity index is 1190. The van der Waals surface area contributed by atoms with Crippen LogP contribution in [0.15, 0.2) is 54.6 Å². The molecule has 1 aliphatic rings. The van der Waals surface area contributed by atoms with Crippen LogP contribution in [0.2, 0.25) is 0 Å². The molecule has 0 saturated carbocycles. The molecule has 4 rings (SSSR count). The summed E-state index contributed by atoms with van der Waals surface area (Å²) >= 11 is 0. The Morgan fingerprint density at radius 3 is 2.29 bits per heavy atom. The number of para-hydroxylation sites is 1. The predicted octanol–water partition coefficient (Wildman–Crippen LogP) is 6.52. The van der Waals surface area contributed by atoms with Gasteiger partial charge in [0, 0.05) is 35.8 Å². The van der Waals surface area contributed by atoms with Gasteiger partial charge in [0.05, 0.1) is 5.56 Å². The number of rotatable bonds is 7. The van der Waals surface area contributed by atoms with E-state index in [0.29, 0.717) is 29.0 Å². The molecule has 0 aliphatic carbocycles. The zero-order chi connectivity index (χ0) is 24.5. The summed E-state index contributed by atoms with van der Waals surface area (Å²) in [6, 6.07) is 16.1. The van der Waals surface area contributed by atoms with Gasteiger partial charge in [0.2, 0.25) is 0 Å². The highest BCUT2D eigenvalue weighted by atomic mass is 19.4. The molecule has 0 amide bonds. The summed E-state index contributed by atoms with van der Waals surface area (Å²) in [6.07, 6.45) is -4.55. The molecule has 0 saturated heterocycles. The molecule has 0 N–H and O–H groups in total. The van der Waals surface area contributed by atoms with Gasteiger partial charge in [0.25, 0.3) is 6.47 Å². The Labute approximate surface area is 196 Å². The fraction of sp³-hybridized carbons (Fsp3) is 0.296. The number of carbonyl (C=O) groups is 1. The molecule has 0 bridgehead atoms. The van der Waals surface area contributed by atoms with E-state index in [1.54, 1.807) is 24.3 Å². The van der Waals surface area contributed by atoms with Gasteiger partial charge < -0.3 is 9.47 Å². The predicted molar refractivity (Wildman–Crippen MR) is 123 cm³/mol. The highest BCUT2D eigenvalue weighted by Gasteiger charge is 2.42. The number of fused-ring (bicyclic) bond motifs is 1. The van der Waals surface area contributed by atoms with Crippen molar-refractivity contribution in [2.24, 2.45) is 0 Å². The molecule has 4 nitrogen and oxygen atoms in total. The zero-order valence-corrected chi connectivity index (χ0v) is 19.3. The topological polar surface area (TPSA) is 38.8 Å². The van der Waals surface area contributed by atoms with Gasteiger partial charge in [-0.15, -0.1) is 0 Å². The number of halogens is 3. The summed E-state index contributed by atoms with van der Waals surface area (Å²) in [5.41, 5.74) is 1.76. The largest absolute Gasteiger partial charge is 0.488 e. The third-order valence-corrected chi connectivity index (χ3v) is 6.21. The number of benzene rings is 3.